The summed E-state index contributed by atoms with van der Waals surface area (Å²) in [5.41, 5.74) is 0.477. The molecule has 0 saturated carbocycles. The number of benzene rings is 1. The molecule has 32 heavy (non-hydrogen) atoms. The van der Waals surface area contributed by atoms with Crippen molar-refractivity contribution in [2.24, 2.45) is 5.92 Å². The second kappa shape index (κ2) is 8.86. The van der Waals surface area contributed by atoms with E-state index in [4.69, 9.17) is 0 Å². The second-order valence-corrected chi connectivity index (χ2v) is 9.72. The number of thiophene rings is 1. The highest BCUT2D eigenvalue weighted by molar-refractivity contribution is 7.99. The van der Waals surface area contributed by atoms with E-state index in [0.29, 0.717) is 16.1 Å². The van der Waals surface area contributed by atoms with Gasteiger partial charge in [0.05, 0.1) is 16.8 Å². The van der Waals surface area contributed by atoms with Crippen molar-refractivity contribution in [1.82, 2.24) is 14.9 Å². The number of carbonyl (C=O) groups is 1. The van der Waals surface area contributed by atoms with Crippen LogP contribution in [0.2, 0.25) is 0 Å². The molecule has 1 atom stereocenters. The lowest BCUT2D eigenvalue weighted by Crippen LogP contribution is -2.35. The number of halogens is 4. The Balaban J connectivity index is 1.77. The molecule has 2 aromatic heterocycles. The first-order valence-corrected chi connectivity index (χ1v) is 11.7. The number of para-hydroxylation sites is 1. The van der Waals surface area contributed by atoms with Crippen molar-refractivity contribution >= 4 is 39.2 Å². The third kappa shape index (κ3) is 4.68. The largest absolute Gasteiger partial charge is 0.405 e. The fourth-order valence-corrected chi connectivity index (χ4v) is 5.95. The highest BCUT2D eigenvalue weighted by atomic mass is 32.2. The molecule has 0 radical (unpaired) electrons. The van der Waals surface area contributed by atoms with Crippen LogP contribution in [0.25, 0.3) is 15.9 Å². The van der Waals surface area contributed by atoms with E-state index in [1.54, 1.807) is 11.4 Å². The van der Waals surface area contributed by atoms with Gasteiger partial charge in [-0.25, -0.2) is 9.37 Å². The molecule has 1 N–H and O–H groups in total. The minimum absolute atomic E-state index is 0.0192. The molecule has 0 bridgehead atoms. The number of nitrogens with one attached hydrogen (secondary N) is 1. The summed E-state index contributed by atoms with van der Waals surface area (Å²) in [6.45, 7) is 0.689. The molecule has 0 saturated heterocycles. The summed E-state index contributed by atoms with van der Waals surface area (Å²) in [4.78, 5) is 31.5. The molecule has 2 heterocycles. The first-order valence-electron chi connectivity index (χ1n) is 9.92. The van der Waals surface area contributed by atoms with Gasteiger partial charge < -0.3 is 5.32 Å². The normalized spacial score (nSPS) is 16.2. The number of fused-ring (bicyclic) bond motifs is 3. The number of hydrogen-bond donors (Lipinski definition) is 1. The minimum Gasteiger partial charge on any atom is -0.346 e. The highest BCUT2D eigenvalue weighted by Crippen LogP contribution is 2.37. The summed E-state index contributed by atoms with van der Waals surface area (Å²) in [7, 11) is 0. The molecular formula is C21H19F4N3O2S2. The number of amides is 1. The van der Waals surface area contributed by atoms with E-state index in [0.717, 1.165) is 46.0 Å². The molecule has 5 nitrogen and oxygen atoms in total. The summed E-state index contributed by atoms with van der Waals surface area (Å²) in [6.07, 6.45) is -2.03. The van der Waals surface area contributed by atoms with Crippen LogP contribution < -0.4 is 10.9 Å². The number of aromatic nitrogens is 2. The van der Waals surface area contributed by atoms with Crippen LogP contribution in [0, 0.1) is 11.7 Å². The van der Waals surface area contributed by atoms with E-state index in [2.05, 4.69) is 11.9 Å². The SMILES string of the molecule is CC1CCc2c(sc3nc(SCC(=O)NCC(F)(F)F)n(-c4ccccc4F)c(=O)c23)C1. The third-order valence-electron chi connectivity index (χ3n) is 5.21. The number of nitrogens with zero attached hydrogens (tertiary/aromatic N) is 2. The Morgan fingerprint density at radius 2 is 2.09 bits per heavy atom. The van der Waals surface area contributed by atoms with Crippen LogP contribution in [0.4, 0.5) is 17.6 Å². The number of hydrogen-bond acceptors (Lipinski definition) is 5. The molecule has 1 aliphatic carbocycles. The monoisotopic (exact) mass is 485 g/mol. The van der Waals surface area contributed by atoms with Crippen molar-refractivity contribution in [1.29, 1.82) is 0 Å². The van der Waals surface area contributed by atoms with Crippen molar-refractivity contribution < 1.29 is 22.4 Å². The van der Waals surface area contributed by atoms with E-state index in [1.165, 1.54) is 29.5 Å². The van der Waals surface area contributed by atoms with Gasteiger partial charge in [0.1, 0.15) is 17.2 Å². The quantitative estimate of drug-likeness (QED) is 0.329. The van der Waals surface area contributed by atoms with Crippen LogP contribution in [0.3, 0.4) is 0 Å². The molecule has 1 amide bonds. The number of carbonyl (C=O) groups excluding carboxylic acids is 1. The van der Waals surface area contributed by atoms with E-state index in [9.17, 15) is 27.2 Å². The smallest absolute Gasteiger partial charge is 0.346 e. The zero-order chi connectivity index (χ0) is 23.0. The lowest BCUT2D eigenvalue weighted by Gasteiger charge is -2.18. The van der Waals surface area contributed by atoms with Crippen molar-refractivity contribution in [3.05, 3.63) is 50.9 Å². The van der Waals surface area contributed by atoms with Gasteiger partial charge in [0.25, 0.3) is 5.56 Å². The van der Waals surface area contributed by atoms with Crippen LogP contribution in [-0.2, 0) is 17.6 Å². The van der Waals surface area contributed by atoms with Gasteiger partial charge in [-0.05, 0) is 42.9 Å². The summed E-state index contributed by atoms with van der Waals surface area (Å²) >= 11 is 2.20. The van der Waals surface area contributed by atoms with E-state index < -0.39 is 35.8 Å². The Labute approximate surface area is 188 Å². The molecule has 3 aromatic rings. The van der Waals surface area contributed by atoms with E-state index in [1.807, 2.05) is 0 Å². The van der Waals surface area contributed by atoms with Crippen LogP contribution in [0.1, 0.15) is 23.8 Å². The van der Waals surface area contributed by atoms with Crippen molar-refractivity contribution in [3.63, 3.8) is 0 Å². The molecule has 170 valence electrons. The summed E-state index contributed by atoms with van der Waals surface area (Å²) < 4.78 is 52.8. The topological polar surface area (TPSA) is 64.0 Å². The zero-order valence-corrected chi connectivity index (χ0v) is 18.6. The lowest BCUT2D eigenvalue weighted by molar-refractivity contribution is -0.136. The Morgan fingerprint density at radius 1 is 1.34 bits per heavy atom. The molecule has 4 rings (SSSR count). The van der Waals surface area contributed by atoms with Gasteiger partial charge in [-0.1, -0.05) is 30.8 Å². The van der Waals surface area contributed by atoms with E-state index in [-0.39, 0.29) is 10.8 Å². The Morgan fingerprint density at radius 3 is 2.81 bits per heavy atom. The molecule has 1 unspecified atom stereocenters. The Hall–Kier alpha value is -2.40. The third-order valence-corrected chi connectivity index (χ3v) is 7.30. The Bertz CT molecular complexity index is 1240. The molecule has 1 aliphatic rings. The van der Waals surface area contributed by atoms with Gasteiger partial charge in [0, 0.05) is 4.88 Å². The summed E-state index contributed by atoms with van der Waals surface area (Å²) in [5.74, 6) is -1.42. The first-order chi connectivity index (χ1) is 15.1. The number of aryl methyl sites for hydroxylation is 1. The minimum atomic E-state index is -4.53. The van der Waals surface area contributed by atoms with Crippen LogP contribution in [0.5, 0.6) is 0 Å². The maximum atomic E-state index is 14.6. The molecule has 11 heteroatoms. The average Bonchev–Trinajstić information content (AvgIpc) is 3.08. The molecule has 0 spiro atoms. The highest BCUT2D eigenvalue weighted by Gasteiger charge is 2.28. The molecule has 1 aromatic carbocycles. The maximum absolute atomic E-state index is 14.6. The number of thioether (sulfide) groups is 1. The lowest BCUT2D eigenvalue weighted by atomic mass is 9.89. The standard InChI is InChI=1S/C21H19F4N3O2S2/c1-11-6-7-12-15(8-11)32-18-17(12)19(30)28(14-5-3-2-4-13(14)22)20(27-18)31-9-16(29)26-10-21(23,24)25/h2-5,11H,6-10H2,1H3,(H,26,29). The predicted octanol–water partition coefficient (Wildman–Crippen LogP) is 4.48. The fraction of sp³-hybridized carbons (Fsp3) is 0.381. The summed E-state index contributed by atoms with van der Waals surface area (Å²) in [6, 6.07) is 5.70. The van der Waals surface area contributed by atoms with Gasteiger partial charge in [-0.15, -0.1) is 11.3 Å². The Kier molecular flexibility index (Phi) is 6.30. The fourth-order valence-electron chi connectivity index (χ4n) is 3.69. The predicted molar refractivity (Wildman–Crippen MR) is 116 cm³/mol. The zero-order valence-electron chi connectivity index (χ0n) is 17.0. The van der Waals surface area contributed by atoms with Gasteiger partial charge >= 0.3 is 6.18 Å². The van der Waals surface area contributed by atoms with Gasteiger partial charge in [0.15, 0.2) is 5.16 Å². The van der Waals surface area contributed by atoms with Crippen LogP contribution in [0.15, 0.2) is 34.2 Å². The van der Waals surface area contributed by atoms with Crippen molar-refractivity contribution in [2.45, 2.75) is 37.5 Å². The summed E-state index contributed by atoms with van der Waals surface area (Å²) in [5, 5.41) is 2.30. The number of rotatable bonds is 5. The number of alkyl halides is 3. The first kappa shape index (κ1) is 22.8. The van der Waals surface area contributed by atoms with E-state index >= 15 is 0 Å². The molecule has 0 fully saturated rings. The molecule has 0 aliphatic heterocycles. The molecular weight excluding hydrogens is 466 g/mol. The van der Waals surface area contributed by atoms with Crippen LogP contribution in [-0.4, -0.2) is 33.9 Å². The van der Waals surface area contributed by atoms with Gasteiger partial charge in [-0.3, -0.25) is 14.2 Å². The van der Waals surface area contributed by atoms with Gasteiger partial charge in [0.2, 0.25) is 5.91 Å². The van der Waals surface area contributed by atoms with Crippen LogP contribution >= 0.6 is 23.1 Å². The van der Waals surface area contributed by atoms with Crippen molar-refractivity contribution in [3.8, 4) is 5.69 Å². The average molecular weight is 486 g/mol. The second-order valence-electron chi connectivity index (χ2n) is 7.70. The van der Waals surface area contributed by atoms with Crippen molar-refractivity contribution in [2.75, 3.05) is 12.3 Å². The maximum Gasteiger partial charge on any atom is 0.405 e. The van der Waals surface area contributed by atoms with Gasteiger partial charge in [-0.2, -0.15) is 13.2 Å².